The molecule has 1 saturated heterocycles. The van der Waals surface area contributed by atoms with E-state index in [0.717, 1.165) is 38.2 Å². The molecule has 2 atom stereocenters. The Morgan fingerprint density at radius 3 is 2.48 bits per heavy atom. The van der Waals surface area contributed by atoms with Crippen LogP contribution < -0.4 is 4.90 Å². The predicted molar refractivity (Wildman–Crippen MR) is 103 cm³/mol. The van der Waals surface area contributed by atoms with Crippen molar-refractivity contribution >= 4 is 11.7 Å². The van der Waals surface area contributed by atoms with Crippen LogP contribution >= 0.6 is 0 Å². The van der Waals surface area contributed by atoms with Crippen molar-refractivity contribution < 1.29 is 9.90 Å². The Morgan fingerprint density at radius 1 is 1.22 bits per heavy atom. The monoisotopic (exact) mass is 372 g/mol. The quantitative estimate of drug-likeness (QED) is 0.729. The van der Waals surface area contributed by atoms with E-state index >= 15 is 0 Å². The number of anilines is 1. The highest BCUT2D eigenvalue weighted by Gasteiger charge is 2.32. The van der Waals surface area contributed by atoms with Crippen LogP contribution in [0.4, 0.5) is 5.69 Å². The molecule has 0 spiro atoms. The number of tetrazole rings is 1. The standard InChI is InChI=1S/C19H28N6O2/c1-3-4-16(19(26)27)17(18-20-22-23-21-18)13-14-5-7-15(8-6-14)25-11-9-24(2)10-12-25/h5-8,16-17H,3-4,9-13H2,1-2H3,(H,26,27)(H,20,21,22,23)/t16-,17-/m0/s1. The molecule has 0 radical (unpaired) electrons. The van der Waals surface area contributed by atoms with Gasteiger partial charge >= 0.3 is 5.97 Å². The highest BCUT2D eigenvalue weighted by molar-refractivity contribution is 5.71. The van der Waals surface area contributed by atoms with E-state index in [9.17, 15) is 9.90 Å². The first kappa shape index (κ1) is 19.3. The molecule has 0 aliphatic carbocycles. The lowest BCUT2D eigenvalue weighted by atomic mass is 9.83. The zero-order valence-electron chi connectivity index (χ0n) is 16.0. The van der Waals surface area contributed by atoms with E-state index in [1.807, 2.05) is 6.92 Å². The van der Waals surface area contributed by atoms with Crippen molar-refractivity contribution in [3.63, 3.8) is 0 Å². The van der Waals surface area contributed by atoms with Gasteiger partial charge in [0.05, 0.1) is 5.92 Å². The highest BCUT2D eigenvalue weighted by Crippen LogP contribution is 2.30. The van der Waals surface area contributed by atoms with E-state index in [0.29, 0.717) is 18.7 Å². The molecular formula is C19H28N6O2. The lowest BCUT2D eigenvalue weighted by Crippen LogP contribution is -2.44. The van der Waals surface area contributed by atoms with Crippen LogP contribution in [0.1, 0.15) is 37.1 Å². The summed E-state index contributed by atoms with van der Waals surface area (Å²) in [4.78, 5) is 16.5. The van der Waals surface area contributed by atoms with Crippen molar-refractivity contribution in [2.45, 2.75) is 32.1 Å². The average Bonchev–Trinajstić information content (AvgIpc) is 3.20. The summed E-state index contributed by atoms with van der Waals surface area (Å²) in [6, 6.07) is 8.43. The minimum absolute atomic E-state index is 0.296. The summed E-state index contributed by atoms with van der Waals surface area (Å²) in [7, 11) is 2.15. The summed E-state index contributed by atoms with van der Waals surface area (Å²) >= 11 is 0. The van der Waals surface area contributed by atoms with Gasteiger partial charge in [0.2, 0.25) is 0 Å². The molecule has 1 fully saturated rings. The number of likely N-dealkylation sites (N-methyl/N-ethyl adjacent to an activating group) is 1. The maximum absolute atomic E-state index is 11.8. The number of benzene rings is 1. The number of carbonyl (C=O) groups is 1. The fourth-order valence-electron chi connectivity index (χ4n) is 3.71. The predicted octanol–water partition coefficient (Wildman–Crippen LogP) is 1.78. The van der Waals surface area contributed by atoms with Gasteiger partial charge in [0.1, 0.15) is 0 Å². The van der Waals surface area contributed by atoms with Crippen LogP contribution in [0.15, 0.2) is 24.3 Å². The zero-order chi connectivity index (χ0) is 19.2. The Labute approximate surface area is 159 Å². The van der Waals surface area contributed by atoms with Gasteiger partial charge in [0.15, 0.2) is 5.82 Å². The maximum Gasteiger partial charge on any atom is 0.307 e. The van der Waals surface area contributed by atoms with Gasteiger partial charge in [0, 0.05) is 37.8 Å². The fourth-order valence-corrected chi connectivity index (χ4v) is 3.71. The van der Waals surface area contributed by atoms with Crippen molar-refractivity contribution in [2.75, 3.05) is 38.1 Å². The second-order valence-electron chi connectivity index (χ2n) is 7.27. The molecule has 2 heterocycles. The molecule has 2 N–H and O–H groups in total. The minimum Gasteiger partial charge on any atom is -0.481 e. The molecule has 0 unspecified atom stereocenters. The van der Waals surface area contributed by atoms with Crippen LogP contribution in [-0.4, -0.2) is 69.8 Å². The molecule has 3 rings (SSSR count). The third-order valence-corrected chi connectivity index (χ3v) is 5.36. The van der Waals surface area contributed by atoms with E-state index < -0.39 is 11.9 Å². The molecular weight excluding hydrogens is 344 g/mol. The van der Waals surface area contributed by atoms with Crippen molar-refractivity contribution in [1.29, 1.82) is 0 Å². The number of nitrogens with zero attached hydrogens (tertiary/aromatic N) is 5. The molecule has 0 saturated carbocycles. The number of H-pyrrole nitrogens is 1. The van der Waals surface area contributed by atoms with Crippen LogP contribution in [0, 0.1) is 5.92 Å². The van der Waals surface area contributed by atoms with Gasteiger partial charge in [-0.15, -0.1) is 10.2 Å². The molecule has 27 heavy (non-hydrogen) atoms. The van der Waals surface area contributed by atoms with Crippen molar-refractivity contribution in [2.24, 2.45) is 5.92 Å². The number of rotatable bonds is 8. The molecule has 2 aromatic rings. The average molecular weight is 372 g/mol. The first-order valence-corrected chi connectivity index (χ1v) is 9.57. The van der Waals surface area contributed by atoms with Crippen LogP contribution in [0.25, 0.3) is 0 Å². The van der Waals surface area contributed by atoms with Gasteiger partial charge < -0.3 is 14.9 Å². The molecule has 0 bridgehead atoms. The summed E-state index contributed by atoms with van der Waals surface area (Å²) in [5, 5.41) is 23.9. The molecule has 1 aliphatic heterocycles. The number of piperazine rings is 1. The van der Waals surface area contributed by atoms with Crippen LogP contribution in [0.5, 0.6) is 0 Å². The number of nitrogens with one attached hydrogen (secondary N) is 1. The molecule has 146 valence electrons. The lowest BCUT2D eigenvalue weighted by Gasteiger charge is -2.34. The molecule has 0 amide bonds. The maximum atomic E-state index is 11.8. The summed E-state index contributed by atoms with van der Waals surface area (Å²) in [5.41, 5.74) is 2.30. The first-order valence-electron chi connectivity index (χ1n) is 9.57. The van der Waals surface area contributed by atoms with E-state index in [4.69, 9.17) is 0 Å². The molecule has 1 aromatic heterocycles. The third-order valence-electron chi connectivity index (χ3n) is 5.36. The summed E-state index contributed by atoms with van der Waals surface area (Å²) in [6.45, 7) is 6.18. The number of aliphatic carboxylic acids is 1. The first-order chi connectivity index (χ1) is 13.1. The third kappa shape index (κ3) is 4.82. The van der Waals surface area contributed by atoms with Crippen LogP contribution in [-0.2, 0) is 11.2 Å². The number of carboxylic acid groups (broad SMARTS) is 1. The highest BCUT2D eigenvalue weighted by atomic mass is 16.4. The van der Waals surface area contributed by atoms with E-state index in [1.54, 1.807) is 0 Å². The Morgan fingerprint density at radius 2 is 1.93 bits per heavy atom. The van der Waals surface area contributed by atoms with Gasteiger partial charge in [-0.05, 0) is 37.6 Å². The van der Waals surface area contributed by atoms with E-state index in [2.05, 4.69) is 61.7 Å². The molecule has 8 nitrogen and oxygen atoms in total. The minimum atomic E-state index is -0.805. The van der Waals surface area contributed by atoms with Gasteiger partial charge in [-0.2, -0.15) is 5.21 Å². The van der Waals surface area contributed by atoms with Crippen molar-refractivity contribution in [3.8, 4) is 0 Å². The van der Waals surface area contributed by atoms with Crippen molar-refractivity contribution in [1.82, 2.24) is 25.5 Å². The summed E-state index contributed by atoms with van der Waals surface area (Å²) in [6.07, 6.45) is 1.97. The topological polar surface area (TPSA) is 98.2 Å². The zero-order valence-corrected chi connectivity index (χ0v) is 16.0. The molecule has 8 heteroatoms. The number of hydrogen-bond acceptors (Lipinski definition) is 6. The van der Waals surface area contributed by atoms with Gasteiger partial charge in [-0.3, -0.25) is 4.79 Å². The Balaban J connectivity index is 1.74. The second kappa shape index (κ2) is 8.94. The molecule has 1 aliphatic rings. The number of carboxylic acids is 1. The molecule has 1 aromatic carbocycles. The summed E-state index contributed by atoms with van der Waals surface area (Å²) in [5.74, 6) is -1.15. The van der Waals surface area contributed by atoms with Gasteiger partial charge in [-0.25, -0.2) is 0 Å². The van der Waals surface area contributed by atoms with Crippen LogP contribution in [0.2, 0.25) is 0 Å². The van der Waals surface area contributed by atoms with Crippen LogP contribution in [0.3, 0.4) is 0 Å². The summed E-state index contributed by atoms with van der Waals surface area (Å²) < 4.78 is 0. The SMILES string of the molecule is CCC[C@H](C(=O)O)[C@H](Cc1ccc(N2CCN(C)CC2)cc1)c1nn[nH]n1. The Kier molecular flexibility index (Phi) is 6.39. The fraction of sp³-hybridized carbons (Fsp3) is 0.579. The Hall–Kier alpha value is -2.48. The van der Waals surface area contributed by atoms with Gasteiger partial charge in [0.25, 0.3) is 0 Å². The largest absolute Gasteiger partial charge is 0.481 e. The second-order valence-corrected chi connectivity index (χ2v) is 7.27. The number of aromatic nitrogens is 4. The lowest BCUT2D eigenvalue weighted by molar-refractivity contribution is -0.142. The Bertz CT molecular complexity index is 710. The smallest absolute Gasteiger partial charge is 0.307 e. The van der Waals surface area contributed by atoms with E-state index in [-0.39, 0.29) is 5.92 Å². The normalized spacial score (nSPS) is 17.6. The van der Waals surface area contributed by atoms with Gasteiger partial charge in [-0.1, -0.05) is 30.7 Å². The van der Waals surface area contributed by atoms with Crippen molar-refractivity contribution in [3.05, 3.63) is 35.7 Å². The number of hydrogen-bond donors (Lipinski definition) is 2. The number of aromatic amines is 1. The van der Waals surface area contributed by atoms with E-state index in [1.165, 1.54) is 5.69 Å².